The number of benzene rings is 2. The third-order valence-electron chi connectivity index (χ3n) is 3.31. The van der Waals surface area contributed by atoms with Crippen molar-refractivity contribution in [2.75, 3.05) is 5.73 Å². The Bertz CT molecular complexity index is 606. The van der Waals surface area contributed by atoms with Crippen LogP contribution in [-0.4, -0.2) is 16.8 Å². The van der Waals surface area contributed by atoms with E-state index in [4.69, 9.17) is 5.73 Å². The summed E-state index contributed by atoms with van der Waals surface area (Å²) in [6.07, 6.45) is 0. The van der Waals surface area contributed by atoms with Gasteiger partial charge >= 0.3 is 0 Å². The van der Waals surface area contributed by atoms with Gasteiger partial charge in [-0.25, -0.2) is 0 Å². The van der Waals surface area contributed by atoms with Crippen LogP contribution in [0.1, 0.15) is 29.8 Å². The first-order valence-electron chi connectivity index (χ1n) is 6.88. The highest BCUT2D eigenvalue weighted by molar-refractivity contribution is 14.1. The van der Waals surface area contributed by atoms with Crippen molar-refractivity contribution in [3.8, 4) is 0 Å². The van der Waals surface area contributed by atoms with Gasteiger partial charge in [-0.3, -0.25) is 4.79 Å². The Morgan fingerprint density at radius 2 is 1.67 bits per heavy atom. The summed E-state index contributed by atoms with van der Waals surface area (Å²) < 4.78 is 1.12. The minimum absolute atomic E-state index is 0.0539. The van der Waals surface area contributed by atoms with Crippen LogP contribution in [0.4, 0.5) is 5.69 Å². The summed E-state index contributed by atoms with van der Waals surface area (Å²) in [5.74, 6) is 0.0539. The molecule has 3 nitrogen and oxygen atoms in total. The van der Waals surface area contributed by atoms with Crippen molar-refractivity contribution in [1.29, 1.82) is 0 Å². The lowest BCUT2D eigenvalue weighted by molar-refractivity contribution is 0.0690. The van der Waals surface area contributed by atoms with Gasteiger partial charge < -0.3 is 10.6 Å². The van der Waals surface area contributed by atoms with Crippen molar-refractivity contribution in [2.45, 2.75) is 26.4 Å². The standard InChI is InChI=1S/C17H19IN2O/c1-12(2)20(11-13-3-9-16(19)10-4-13)17(21)14-5-7-15(18)8-6-14/h3-10,12H,11,19H2,1-2H3. The number of carbonyl (C=O) groups is 1. The van der Waals surface area contributed by atoms with Crippen LogP contribution in [0.3, 0.4) is 0 Å². The van der Waals surface area contributed by atoms with Gasteiger partial charge in [-0.1, -0.05) is 12.1 Å². The fourth-order valence-electron chi connectivity index (χ4n) is 2.07. The second-order valence-electron chi connectivity index (χ2n) is 5.28. The molecule has 0 aliphatic rings. The number of hydrogen-bond donors (Lipinski definition) is 1. The van der Waals surface area contributed by atoms with Crippen molar-refractivity contribution in [2.24, 2.45) is 0 Å². The van der Waals surface area contributed by atoms with Gasteiger partial charge in [-0.15, -0.1) is 0 Å². The molecule has 2 aromatic carbocycles. The topological polar surface area (TPSA) is 46.3 Å². The van der Waals surface area contributed by atoms with Crippen LogP contribution in [-0.2, 0) is 6.54 Å². The Kier molecular flexibility index (Phi) is 5.22. The van der Waals surface area contributed by atoms with Gasteiger partial charge in [0.2, 0.25) is 0 Å². The van der Waals surface area contributed by atoms with Crippen LogP contribution in [0.25, 0.3) is 0 Å². The summed E-state index contributed by atoms with van der Waals surface area (Å²) in [5.41, 5.74) is 8.24. The molecule has 0 aliphatic carbocycles. The van der Waals surface area contributed by atoms with Gasteiger partial charge in [-0.2, -0.15) is 0 Å². The molecule has 2 rings (SSSR count). The lowest BCUT2D eigenvalue weighted by Crippen LogP contribution is -2.36. The van der Waals surface area contributed by atoms with Gasteiger partial charge in [0.05, 0.1) is 0 Å². The zero-order valence-corrected chi connectivity index (χ0v) is 14.4. The van der Waals surface area contributed by atoms with Gasteiger partial charge in [-0.05, 0) is 78.4 Å². The lowest BCUT2D eigenvalue weighted by Gasteiger charge is -2.27. The van der Waals surface area contributed by atoms with Crippen LogP contribution in [0.2, 0.25) is 0 Å². The highest BCUT2D eigenvalue weighted by atomic mass is 127. The predicted molar refractivity (Wildman–Crippen MR) is 95.0 cm³/mol. The molecule has 0 aromatic heterocycles. The van der Waals surface area contributed by atoms with Crippen molar-refractivity contribution >= 4 is 34.2 Å². The summed E-state index contributed by atoms with van der Waals surface area (Å²) >= 11 is 2.24. The molecule has 110 valence electrons. The molecule has 0 heterocycles. The quantitative estimate of drug-likeness (QED) is 0.631. The molecule has 0 spiro atoms. The molecular weight excluding hydrogens is 375 g/mol. The van der Waals surface area contributed by atoms with E-state index in [1.807, 2.05) is 67.3 Å². The number of nitrogen functional groups attached to an aromatic ring is 1. The van der Waals surface area contributed by atoms with Crippen LogP contribution in [0.15, 0.2) is 48.5 Å². The van der Waals surface area contributed by atoms with Crippen molar-refractivity contribution < 1.29 is 4.79 Å². The first-order valence-corrected chi connectivity index (χ1v) is 7.96. The van der Waals surface area contributed by atoms with Crippen LogP contribution >= 0.6 is 22.6 Å². The average Bonchev–Trinajstić information content (AvgIpc) is 2.46. The van der Waals surface area contributed by atoms with Crippen LogP contribution in [0, 0.1) is 3.57 Å². The third-order valence-corrected chi connectivity index (χ3v) is 4.03. The zero-order valence-electron chi connectivity index (χ0n) is 12.2. The maximum atomic E-state index is 12.7. The van der Waals surface area contributed by atoms with Crippen LogP contribution < -0.4 is 5.73 Å². The minimum Gasteiger partial charge on any atom is -0.399 e. The Morgan fingerprint density at radius 3 is 2.19 bits per heavy atom. The molecule has 0 atom stereocenters. The molecule has 1 amide bonds. The molecule has 0 aliphatic heterocycles. The monoisotopic (exact) mass is 394 g/mol. The first-order chi connectivity index (χ1) is 9.97. The van der Waals surface area contributed by atoms with Crippen molar-refractivity contribution in [3.05, 3.63) is 63.2 Å². The second kappa shape index (κ2) is 6.93. The molecule has 0 radical (unpaired) electrons. The largest absolute Gasteiger partial charge is 0.399 e. The fraction of sp³-hybridized carbons (Fsp3) is 0.235. The Labute approximate surface area is 139 Å². The SMILES string of the molecule is CC(C)N(Cc1ccc(N)cc1)C(=O)c1ccc(I)cc1. The van der Waals surface area contributed by atoms with E-state index < -0.39 is 0 Å². The number of nitrogens with zero attached hydrogens (tertiary/aromatic N) is 1. The van der Waals surface area contributed by atoms with E-state index in [1.165, 1.54) is 0 Å². The zero-order chi connectivity index (χ0) is 15.4. The Hall–Kier alpha value is -1.56. The van der Waals surface area contributed by atoms with E-state index in [2.05, 4.69) is 22.6 Å². The normalized spacial score (nSPS) is 10.7. The number of nitrogens with two attached hydrogens (primary N) is 1. The van der Waals surface area contributed by atoms with Crippen molar-refractivity contribution in [1.82, 2.24) is 4.90 Å². The number of anilines is 1. The lowest BCUT2D eigenvalue weighted by atomic mass is 10.1. The average molecular weight is 394 g/mol. The number of amides is 1. The van der Waals surface area contributed by atoms with Gasteiger partial charge in [0.25, 0.3) is 5.91 Å². The second-order valence-corrected chi connectivity index (χ2v) is 6.52. The number of halogens is 1. The molecule has 0 bridgehead atoms. The summed E-state index contributed by atoms with van der Waals surface area (Å²) in [5, 5.41) is 0. The van der Waals surface area contributed by atoms with Gasteiger partial charge in [0.1, 0.15) is 0 Å². The molecule has 0 saturated carbocycles. The summed E-state index contributed by atoms with van der Waals surface area (Å²) in [6, 6.07) is 15.5. The van der Waals surface area contributed by atoms with Crippen molar-refractivity contribution in [3.63, 3.8) is 0 Å². The summed E-state index contributed by atoms with van der Waals surface area (Å²) in [4.78, 5) is 14.5. The predicted octanol–water partition coefficient (Wildman–Crippen LogP) is 3.92. The molecule has 21 heavy (non-hydrogen) atoms. The first kappa shape index (κ1) is 15.8. The maximum absolute atomic E-state index is 12.7. The van der Waals surface area contributed by atoms with E-state index in [0.29, 0.717) is 6.54 Å². The maximum Gasteiger partial charge on any atom is 0.254 e. The molecular formula is C17H19IN2O. The summed E-state index contributed by atoms with van der Waals surface area (Å²) in [6.45, 7) is 4.65. The van der Waals surface area contributed by atoms with E-state index in [-0.39, 0.29) is 11.9 Å². The van der Waals surface area contributed by atoms with Gasteiger partial charge in [0.15, 0.2) is 0 Å². The third kappa shape index (κ3) is 4.20. The molecule has 2 aromatic rings. The Morgan fingerprint density at radius 1 is 1.10 bits per heavy atom. The Balaban J connectivity index is 2.20. The van der Waals surface area contributed by atoms with E-state index >= 15 is 0 Å². The number of hydrogen-bond acceptors (Lipinski definition) is 2. The van der Waals surface area contributed by atoms with Crippen LogP contribution in [0.5, 0.6) is 0 Å². The highest BCUT2D eigenvalue weighted by Gasteiger charge is 2.18. The molecule has 4 heteroatoms. The summed E-state index contributed by atoms with van der Waals surface area (Å²) in [7, 11) is 0. The number of rotatable bonds is 4. The molecule has 0 saturated heterocycles. The number of carbonyl (C=O) groups excluding carboxylic acids is 1. The molecule has 2 N–H and O–H groups in total. The molecule has 0 unspecified atom stereocenters. The van der Waals surface area contributed by atoms with E-state index in [0.717, 1.165) is 20.4 Å². The fourth-order valence-corrected chi connectivity index (χ4v) is 2.43. The highest BCUT2D eigenvalue weighted by Crippen LogP contribution is 2.15. The smallest absolute Gasteiger partial charge is 0.254 e. The van der Waals surface area contributed by atoms with Gasteiger partial charge in [0, 0.05) is 27.4 Å². The van der Waals surface area contributed by atoms with E-state index in [9.17, 15) is 4.79 Å². The molecule has 0 fully saturated rings. The minimum atomic E-state index is 0.0539. The van der Waals surface area contributed by atoms with E-state index in [1.54, 1.807) is 0 Å².